The average molecular weight is 332 g/mol. The summed E-state index contributed by atoms with van der Waals surface area (Å²) in [7, 11) is 0. The van der Waals surface area contributed by atoms with Crippen molar-refractivity contribution in [3.8, 4) is 0 Å². The van der Waals surface area contributed by atoms with Gasteiger partial charge in [-0.1, -0.05) is 23.7 Å². The van der Waals surface area contributed by atoms with Crippen molar-refractivity contribution in [2.24, 2.45) is 0 Å². The number of fused-ring (bicyclic) bond motifs is 1. The van der Waals surface area contributed by atoms with Gasteiger partial charge in [0.1, 0.15) is 0 Å². The second-order valence-electron chi connectivity index (χ2n) is 6.22. The molecule has 0 aliphatic carbocycles. The van der Waals surface area contributed by atoms with E-state index in [4.69, 9.17) is 11.6 Å². The molecule has 0 amide bonds. The van der Waals surface area contributed by atoms with Crippen LogP contribution in [-0.2, 0) is 13.1 Å². The second kappa shape index (κ2) is 6.02. The number of aliphatic hydroxyl groups is 1. The summed E-state index contributed by atoms with van der Waals surface area (Å²) in [6.07, 6.45) is -0.530. The molecule has 1 N–H and O–H groups in total. The molecule has 0 saturated heterocycles. The van der Waals surface area contributed by atoms with Gasteiger partial charge in [-0.05, 0) is 45.4 Å². The molecule has 3 rings (SSSR count). The van der Waals surface area contributed by atoms with Crippen LogP contribution in [0.25, 0.3) is 10.9 Å². The smallest absolute Gasteiger partial charge is 0.0914 e. The van der Waals surface area contributed by atoms with Gasteiger partial charge in [0.25, 0.3) is 0 Å². The Labute approximate surface area is 141 Å². The first kappa shape index (κ1) is 16.1. The number of aryl methyl sites for hydroxylation is 3. The van der Waals surface area contributed by atoms with Crippen LogP contribution in [0.2, 0.25) is 5.02 Å². The molecule has 1 atom stereocenters. The van der Waals surface area contributed by atoms with Gasteiger partial charge in [-0.2, -0.15) is 5.10 Å². The van der Waals surface area contributed by atoms with Gasteiger partial charge in [-0.25, -0.2) is 0 Å². The Bertz CT molecular complexity index is 863. The van der Waals surface area contributed by atoms with E-state index in [1.165, 1.54) is 5.56 Å². The van der Waals surface area contributed by atoms with E-state index in [1.807, 2.05) is 36.7 Å². The van der Waals surface area contributed by atoms with E-state index in [0.717, 1.165) is 33.0 Å². The largest absolute Gasteiger partial charge is 0.389 e. The molecule has 2 aromatic heterocycles. The number of halogens is 1. The van der Waals surface area contributed by atoms with Gasteiger partial charge in [-0.3, -0.25) is 4.68 Å². The third-order valence-electron chi connectivity index (χ3n) is 4.49. The maximum Gasteiger partial charge on any atom is 0.0914 e. The monoisotopic (exact) mass is 331 g/mol. The van der Waals surface area contributed by atoms with Crippen LogP contribution >= 0.6 is 11.6 Å². The van der Waals surface area contributed by atoms with Crippen molar-refractivity contribution in [2.45, 2.75) is 46.9 Å². The molecule has 5 heteroatoms. The number of aromatic nitrogens is 3. The third kappa shape index (κ3) is 2.89. The lowest BCUT2D eigenvalue weighted by molar-refractivity contribution is 0.130. The number of para-hydroxylation sites is 1. The zero-order valence-corrected chi connectivity index (χ0v) is 14.7. The van der Waals surface area contributed by atoms with E-state index in [0.29, 0.717) is 13.1 Å². The Morgan fingerprint density at radius 3 is 2.57 bits per heavy atom. The Balaban J connectivity index is 1.92. The maximum atomic E-state index is 10.5. The van der Waals surface area contributed by atoms with Crippen LogP contribution in [0.3, 0.4) is 0 Å². The molecule has 122 valence electrons. The van der Waals surface area contributed by atoms with Crippen LogP contribution < -0.4 is 0 Å². The van der Waals surface area contributed by atoms with Crippen LogP contribution in [0.5, 0.6) is 0 Å². The Morgan fingerprint density at radius 2 is 1.91 bits per heavy atom. The van der Waals surface area contributed by atoms with E-state index < -0.39 is 6.10 Å². The summed E-state index contributed by atoms with van der Waals surface area (Å²) in [5, 5.41) is 16.8. The first-order chi connectivity index (χ1) is 10.9. The zero-order chi connectivity index (χ0) is 16.7. The molecular weight excluding hydrogens is 310 g/mol. The lowest BCUT2D eigenvalue weighted by Gasteiger charge is -2.16. The molecule has 0 saturated carbocycles. The van der Waals surface area contributed by atoms with E-state index in [1.54, 1.807) is 0 Å². The minimum absolute atomic E-state index is 0.474. The fraction of sp³-hybridized carbons (Fsp3) is 0.389. The Kier molecular flexibility index (Phi) is 4.21. The van der Waals surface area contributed by atoms with Gasteiger partial charge >= 0.3 is 0 Å². The zero-order valence-electron chi connectivity index (χ0n) is 14.0. The first-order valence-corrected chi connectivity index (χ1v) is 8.19. The minimum Gasteiger partial charge on any atom is -0.389 e. The summed E-state index contributed by atoms with van der Waals surface area (Å²) < 4.78 is 3.97. The van der Waals surface area contributed by atoms with Crippen molar-refractivity contribution in [1.82, 2.24) is 14.3 Å². The Morgan fingerprint density at radius 1 is 1.17 bits per heavy atom. The topological polar surface area (TPSA) is 43.0 Å². The third-order valence-corrected chi connectivity index (χ3v) is 4.79. The standard InChI is InChI=1S/C18H22ClN3O/c1-11-8-12(2)22(20-11)10-15(23)9-21-14(4)13(3)16-6-5-7-17(19)18(16)21/h5-8,15,23H,9-10H2,1-4H3/t15-/m0/s1. The van der Waals surface area contributed by atoms with Crippen LogP contribution in [0.4, 0.5) is 0 Å². The highest BCUT2D eigenvalue weighted by molar-refractivity contribution is 6.35. The SMILES string of the molecule is Cc1cc(C)n(C[C@@H](O)Cn2c(C)c(C)c3cccc(Cl)c32)n1. The predicted molar refractivity (Wildman–Crippen MR) is 94.1 cm³/mol. The summed E-state index contributed by atoms with van der Waals surface area (Å²) in [5.41, 5.74) is 5.37. The van der Waals surface area contributed by atoms with Crippen LogP contribution in [0, 0.1) is 27.7 Å². The van der Waals surface area contributed by atoms with Crippen LogP contribution in [0.1, 0.15) is 22.6 Å². The van der Waals surface area contributed by atoms with Gasteiger partial charge in [-0.15, -0.1) is 0 Å². The lowest BCUT2D eigenvalue weighted by Crippen LogP contribution is -2.24. The van der Waals surface area contributed by atoms with Gasteiger partial charge in [0, 0.05) is 16.8 Å². The van der Waals surface area contributed by atoms with E-state index in [9.17, 15) is 5.11 Å². The number of hydrogen-bond acceptors (Lipinski definition) is 2. The second-order valence-corrected chi connectivity index (χ2v) is 6.63. The first-order valence-electron chi connectivity index (χ1n) is 7.81. The lowest BCUT2D eigenvalue weighted by atomic mass is 10.2. The molecule has 0 unspecified atom stereocenters. The minimum atomic E-state index is -0.530. The van der Waals surface area contributed by atoms with E-state index >= 15 is 0 Å². The number of rotatable bonds is 4. The van der Waals surface area contributed by atoms with Crippen molar-refractivity contribution < 1.29 is 5.11 Å². The molecular formula is C18H22ClN3O. The molecule has 0 fully saturated rings. The molecule has 4 nitrogen and oxygen atoms in total. The molecule has 0 aliphatic rings. The van der Waals surface area contributed by atoms with Gasteiger partial charge in [0.05, 0.1) is 35.4 Å². The predicted octanol–water partition coefficient (Wildman–Crippen LogP) is 3.79. The van der Waals surface area contributed by atoms with Crippen molar-refractivity contribution in [3.63, 3.8) is 0 Å². The summed E-state index contributed by atoms with van der Waals surface area (Å²) >= 11 is 6.40. The number of benzene rings is 1. The van der Waals surface area contributed by atoms with Gasteiger partial charge < -0.3 is 9.67 Å². The van der Waals surface area contributed by atoms with E-state index in [2.05, 4.69) is 29.6 Å². The number of nitrogens with zero attached hydrogens (tertiary/aromatic N) is 3. The van der Waals surface area contributed by atoms with Crippen molar-refractivity contribution in [2.75, 3.05) is 0 Å². The molecule has 23 heavy (non-hydrogen) atoms. The molecule has 0 bridgehead atoms. The molecule has 0 spiro atoms. The fourth-order valence-corrected chi connectivity index (χ4v) is 3.49. The maximum absolute atomic E-state index is 10.5. The summed E-state index contributed by atoms with van der Waals surface area (Å²) in [4.78, 5) is 0. The highest BCUT2D eigenvalue weighted by Gasteiger charge is 2.17. The highest BCUT2D eigenvalue weighted by atomic mass is 35.5. The summed E-state index contributed by atoms with van der Waals surface area (Å²) in [6.45, 7) is 9.10. The van der Waals surface area contributed by atoms with Crippen LogP contribution in [-0.4, -0.2) is 25.6 Å². The summed E-state index contributed by atoms with van der Waals surface area (Å²) in [5.74, 6) is 0. The van der Waals surface area contributed by atoms with E-state index in [-0.39, 0.29) is 0 Å². The number of aliphatic hydroxyl groups excluding tert-OH is 1. The van der Waals surface area contributed by atoms with Gasteiger partial charge in [0.2, 0.25) is 0 Å². The molecule has 3 aromatic rings. The van der Waals surface area contributed by atoms with Crippen molar-refractivity contribution in [3.05, 3.63) is 51.9 Å². The average Bonchev–Trinajstić information content (AvgIpc) is 2.92. The fourth-order valence-electron chi connectivity index (χ4n) is 3.21. The molecule has 0 aliphatic heterocycles. The van der Waals surface area contributed by atoms with Crippen molar-refractivity contribution >= 4 is 22.5 Å². The van der Waals surface area contributed by atoms with Crippen molar-refractivity contribution in [1.29, 1.82) is 0 Å². The molecule has 2 heterocycles. The Hall–Kier alpha value is -1.78. The molecule has 0 radical (unpaired) electrons. The normalized spacial score (nSPS) is 13.0. The summed E-state index contributed by atoms with van der Waals surface area (Å²) in [6, 6.07) is 7.96. The van der Waals surface area contributed by atoms with Crippen LogP contribution in [0.15, 0.2) is 24.3 Å². The highest BCUT2D eigenvalue weighted by Crippen LogP contribution is 2.30. The molecule has 1 aromatic carbocycles. The van der Waals surface area contributed by atoms with Gasteiger partial charge in [0.15, 0.2) is 0 Å². The number of hydrogen-bond donors (Lipinski definition) is 1. The quantitative estimate of drug-likeness (QED) is 0.790.